The number of nitrogens with zero attached hydrogens (tertiary/aromatic N) is 1. The summed E-state index contributed by atoms with van der Waals surface area (Å²) in [5.74, 6) is -1.11. The van der Waals surface area contributed by atoms with E-state index in [-0.39, 0.29) is 17.1 Å². The van der Waals surface area contributed by atoms with Gasteiger partial charge in [0, 0.05) is 18.7 Å². The number of aryl methyl sites for hydroxylation is 1. The zero-order valence-electron chi connectivity index (χ0n) is 12.7. The number of aromatic nitrogens is 1. The SMILES string of the molecule is CCc1ccc(S(=O)(=O)NCCc2cccc(C(=O)O)n2)cc1. The third kappa shape index (κ3) is 4.61. The fourth-order valence-electron chi connectivity index (χ4n) is 2.04. The van der Waals surface area contributed by atoms with Crippen molar-refractivity contribution in [3.63, 3.8) is 0 Å². The van der Waals surface area contributed by atoms with Gasteiger partial charge in [0.25, 0.3) is 0 Å². The Balaban J connectivity index is 1.99. The number of carboxylic acids is 1. The normalized spacial score (nSPS) is 11.3. The van der Waals surface area contributed by atoms with Crippen LogP contribution in [0, 0.1) is 0 Å². The van der Waals surface area contributed by atoms with Gasteiger partial charge in [-0.1, -0.05) is 25.1 Å². The predicted molar refractivity (Wildman–Crippen MR) is 85.9 cm³/mol. The van der Waals surface area contributed by atoms with Gasteiger partial charge < -0.3 is 5.11 Å². The predicted octanol–water partition coefficient (Wildman–Crippen LogP) is 1.86. The monoisotopic (exact) mass is 334 g/mol. The van der Waals surface area contributed by atoms with Crippen LogP contribution in [-0.2, 0) is 22.9 Å². The average molecular weight is 334 g/mol. The number of carboxylic acid groups (broad SMARTS) is 1. The van der Waals surface area contributed by atoms with Gasteiger partial charge in [-0.15, -0.1) is 0 Å². The van der Waals surface area contributed by atoms with E-state index in [9.17, 15) is 13.2 Å². The molecule has 6 nitrogen and oxygen atoms in total. The second-order valence-electron chi connectivity index (χ2n) is 4.96. The molecule has 2 rings (SSSR count). The van der Waals surface area contributed by atoms with Crippen molar-refractivity contribution >= 4 is 16.0 Å². The number of aromatic carboxylic acids is 1. The largest absolute Gasteiger partial charge is 0.477 e. The molecule has 0 aliphatic rings. The minimum absolute atomic E-state index is 0.0551. The van der Waals surface area contributed by atoms with E-state index in [1.165, 1.54) is 6.07 Å². The van der Waals surface area contributed by atoms with Crippen molar-refractivity contribution < 1.29 is 18.3 Å². The molecule has 1 aromatic heterocycles. The lowest BCUT2D eigenvalue weighted by molar-refractivity contribution is 0.0690. The Morgan fingerprint density at radius 1 is 1.17 bits per heavy atom. The fraction of sp³-hybridized carbons (Fsp3) is 0.250. The zero-order valence-corrected chi connectivity index (χ0v) is 13.5. The summed E-state index contributed by atoms with van der Waals surface area (Å²) in [7, 11) is -3.58. The van der Waals surface area contributed by atoms with Gasteiger partial charge in [-0.25, -0.2) is 22.9 Å². The molecule has 2 N–H and O–H groups in total. The molecule has 2 aromatic rings. The highest BCUT2D eigenvalue weighted by Gasteiger charge is 2.13. The van der Waals surface area contributed by atoms with Crippen molar-refractivity contribution in [1.82, 2.24) is 9.71 Å². The number of benzene rings is 1. The van der Waals surface area contributed by atoms with Crippen LogP contribution >= 0.6 is 0 Å². The maximum Gasteiger partial charge on any atom is 0.354 e. The van der Waals surface area contributed by atoms with Crippen LogP contribution in [0.1, 0.15) is 28.7 Å². The van der Waals surface area contributed by atoms with Crippen molar-refractivity contribution in [2.24, 2.45) is 0 Å². The summed E-state index contributed by atoms with van der Waals surface area (Å²) in [6, 6.07) is 11.4. The lowest BCUT2D eigenvalue weighted by Crippen LogP contribution is -2.26. The minimum atomic E-state index is -3.58. The second kappa shape index (κ2) is 7.34. The first-order valence-corrected chi connectivity index (χ1v) is 8.68. The molecule has 0 aliphatic carbocycles. The van der Waals surface area contributed by atoms with Crippen LogP contribution < -0.4 is 4.72 Å². The summed E-state index contributed by atoms with van der Waals surface area (Å²) >= 11 is 0. The summed E-state index contributed by atoms with van der Waals surface area (Å²) in [6.45, 7) is 2.15. The second-order valence-corrected chi connectivity index (χ2v) is 6.73. The van der Waals surface area contributed by atoms with Gasteiger partial charge in [0.1, 0.15) is 5.69 Å². The van der Waals surface area contributed by atoms with Crippen molar-refractivity contribution in [2.75, 3.05) is 6.54 Å². The van der Waals surface area contributed by atoms with E-state index in [2.05, 4.69) is 9.71 Å². The van der Waals surface area contributed by atoms with E-state index in [1.54, 1.807) is 36.4 Å². The van der Waals surface area contributed by atoms with E-state index < -0.39 is 16.0 Å². The summed E-state index contributed by atoms with van der Waals surface area (Å²) in [4.78, 5) is 15.0. The van der Waals surface area contributed by atoms with Crippen LogP contribution in [0.25, 0.3) is 0 Å². The Hall–Kier alpha value is -2.25. The number of pyridine rings is 1. The lowest BCUT2D eigenvalue weighted by atomic mass is 10.2. The van der Waals surface area contributed by atoms with Crippen molar-refractivity contribution in [3.8, 4) is 0 Å². The van der Waals surface area contributed by atoms with E-state index in [4.69, 9.17) is 5.11 Å². The van der Waals surface area contributed by atoms with Crippen molar-refractivity contribution in [3.05, 3.63) is 59.4 Å². The first kappa shape index (κ1) is 17.1. The first-order chi connectivity index (χ1) is 10.9. The molecule has 0 amide bonds. The fourth-order valence-corrected chi connectivity index (χ4v) is 3.07. The van der Waals surface area contributed by atoms with Gasteiger partial charge in [0.05, 0.1) is 4.90 Å². The van der Waals surface area contributed by atoms with Gasteiger partial charge in [0.15, 0.2) is 0 Å². The summed E-state index contributed by atoms with van der Waals surface area (Å²) in [5.41, 5.74) is 1.54. The van der Waals surface area contributed by atoms with E-state index in [1.807, 2.05) is 6.92 Å². The van der Waals surface area contributed by atoms with Crippen LogP contribution in [0.4, 0.5) is 0 Å². The molecule has 1 heterocycles. The van der Waals surface area contributed by atoms with Gasteiger partial charge in [0.2, 0.25) is 10.0 Å². The zero-order chi connectivity index (χ0) is 16.9. The van der Waals surface area contributed by atoms with Crippen LogP contribution in [0.15, 0.2) is 47.4 Å². The molecule has 0 saturated heterocycles. The first-order valence-electron chi connectivity index (χ1n) is 7.20. The Morgan fingerprint density at radius 3 is 2.48 bits per heavy atom. The van der Waals surface area contributed by atoms with Gasteiger partial charge >= 0.3 is 5.97 Å². The number of sulfonamides is 1. The molecule has 23 heavy (non-hydrogen) atoms. The molecule has 0 unspecified atom stereocenters. The maximum absolute atomic E-state index is 12.2. The molecule has 0 fully saturated rings. The highest BCUT2D eigenvalue weighted by Crippen LogP contribution is 2.11. The Morgan fingerprint density at radius 2 is 1.87 bits per heavy atom. The van der Waals surface area contributed by atoms with E-state index in [0.29, 0.717) is 12.1 Å². The summed E-state index contributed by atoms with van der Waals surface area (Å²) in [5, 5.41) is 8.88. The van der Waals surface area contributed by atoms with Gasteiger partial charge in [-0.05, 0) is 36.2 Å². The van der Waals surface area contributed by atoms with Gasteiger partial charge in [-0.2, -0.15) is 0 Å². The van der Waals surface area contributed by atoms with Crippen molar-refractivity contribution in [2.45, 2.75) is 24.7 Å². The third-order valence-corrected chi connectivity index (χ3v) is 4.82. The van der Waals surface area contributed by atoms with Gasteiger partial charge in [-0.3, -0.25) is 0 Å². The molecule has 1 aromatic carbocycles. The minimum Gasteiger partial charge on any atom is -0.477 e. The van der Waals surface area contributed by atoms with Crippen molar-refractivity contribution in [1.29, 1.82) is 0 Å². The molecule has 0 atom stereocenters. The summed E-state index contributed by atoms with van der Waals surface area (Å²) in [6.07, 6.45) is 1.16. The molecule has 7 heteroatoms. The maximum atomic E-state index is 12.2. The average Bonchev–Trinajstić information content (AvgIpc) is 2.55. The molecular formula is C16H18N2O4S. The molecule has 0 saturated carbocycles. The van der Waals surface area contributed by atoms with Crippen LogP contribution in [0.2, 0.25) is 0 Å². The molecule has 122 valence electrons. The van der Waals surface area contributed by atoms with E-state index in [0.717, 1.165) is 12.0 Å². The molecular weight excluding hydrogens is 316 g/mol. The number of hydrogen-bond acceptors (Lipinski definition) is 4. The highest BCUT2D eigenvalue weighted by molar-refractivity contribution is 7.89. The van der Waals surface area contributed by atoms with Crippen LogP contribution in [0.3, 0.4) is 0 Å². The number of rotatable bonds is 7. The number of carbonyl (C=O) groups is 1. The molecule has 0 bridgehead atoms. The Kier molecular flexibility index (Phi) is 5.46. The number of hydrogen-bond donors (Lipinski definition) is 2. The number of nitrogens with one attached hydrogen (secondary N) is 1. The quantitative estimate of drug-likeness (QED) is 0.806. The Bertz CT molecular complexity index is 786. The highest BCUT2D eigenvalue weighted by atomic mass is 32.2. The Labute approximate surface area is 135 Å². The van der Waals surface area contributed by atoms with E-state index >= 15 is 0 Å². The summed E-state index contributed by atoms with van der Waals surface area (Å²) < 4.78 is 26.8. The smallest absolute Gasteiger partial charge is 0.354 e. The third-order valence-electron chi connectivity index (χ3n) is 3.34. The molecule has 0 aliphatic heterocycles. The van der Waals surface area contributed by atoms with Crippen LogP contribution in [-0.4, -0.2) is 31.0 Å². The standard InChI is InChI=1S/C16H18N2O4S/c1-2-12-6-8-14(9-7-12)23(21,22)17-11-10-13-4-3-5-15(18-13)16(19)20/h3-9,17H,2,10-11H2,1H3,(H,19,20). The molecule has 0 radical (unpaired) electrons. The van der Waals surface area contributed by atoms with Crippen LogP contribution in [0.5, 0.6) is 0 Å². The lowest BCUT2D eigenvalue weighted by Gasteiger charge is -2.07. The topological polar surface area (TPSA) is 96.4 Å². The molecule has 0 spiro atoms.